The maximum Gasteiger partial charge on any atom is 0.262 e. The van der Waals surface area contributed by atoms with Gasteiger partial charge in [-0.1, -0.05) is 59.8 Å². The largest absolute Gasteiger partial charge is 0.325 e. The summed E-state index contributed by atoms with van der Waals surface area (Å²) in [5, 5.41) is 4.47. The Kier molecular flexibility index (Phi) is 7.45. The fourth-order valence-corrected chi connectivity index (χ4v) is 4.44. The van der Waals surface area contributed by atoms with Crippen molar-refractivity contribution >= 4 is 51.6 Å². The van der Waals surface area contributed by atoms with Crippen LogP contribution < -0.4 is 10.9 Å². The molecule has 0 spiro atoms. The van der Waals surface area contributed by atoms with E-state index in [0.717, 1.165) is 5.56 Å². The summed E-state index contributed by atoms with van der Waals surface area (Å²) in [4.78, 5) is 42.1. The van der Waals surface area contributed by atoms with E-state index in [4.69, 9.17) is 11.6 Å². The molecule has 0 saturated heterocycles. The van der Waals surface area contributed by atoms with E-state index in [2.05, 4.69) is 10.3 Å². The zero-order valence-corrected chi connectivity index (χ0v) is 20.0. The molecule has 6 nitrogen and oxygen atoms in total. The van der Waals surface area contributed by atoms with Crippen molar-refractivity contribution in [1.29, 1.82) is 0 Å². The summed E-state index contributed by atoms with van der Waals surface area (Å²) in [5.74, 6) is -0.261. The van der Waals surface area contributed by atoms with Crippen LogP contribution in [0.3, 0.4) is 0 Å². The van der Waals surface area contributed by atoms with Gasteiger partial charge in [-0.2, -0.15) is 0 Å². The summed E-state index contributed by atoms with van der Waals surface area (Å²) >= 11 is 7.18. The van der Waals surface area contributed by atoms with Crippen molar-refractivity contribution in [3.8, 4) is 0 Å². The molecule has 0 aliphatic carbocycles. The number of Topliss-reactive ketones (excluding diaryl/α,β-unsaturated/α-hetero) is 1. The molecule has 0 bridgehead atoms. The number of aryl methyl sites for hydroxylation is 1. The van der Waals surface area contributed by atoms with E-state index in [0.29, 0.717) is 45.3 Å². The Bertz CT molecular complexity index is 1420. The summed E-state index contributed by atoms with van der Waals surface area (Å²) in [6, 6.07) is 21.5. The Morgan fingerprint density at radius 1 is 1.03 bits per heavy atom. The summed E-state index contributed by atoms with van der Waals surface area (Å²) in [7, 11) is 0. The molecule has 0 unspecified atom stereocenters. The summed E-state index contributed by atoms with van der Waals surface area (Å²) in [6.45, 7) is 1.90. The molecule has 34 heavy (non-hydrogen) atoms. The summed E-state index contributed by atoms with van der Waals surface area (Å²) in [5.41, 5.74) is 2.56. The predicted molar refractivity (Wildman–Crippen MR) is 137 cm³/mol. The van der Waals surface area contributed by atoms with Gasteiger partial charge in [-0.05, 0) is 55.3 Å². The Morgan fingerprint density at radius 3 is 2.56 bits per heavy atom. The topological polar surface area (TPSA) is 81.1 Å². The molecule has 1 heterocycles. The van der Waals surface area contributed by atoms with Crippen molar-refractivity contribution in [3.63, 3.8) is 0 Å². The molecule has 0 radical (unpaired) electrons. The number of carbonyl (C=O) groups excluding carboxylic acids is 2. The second kappa shape index (κ2) is 10.7. The van der Waals surface area contributed by atoms with Crippen LogP contribution >= 0.6 is 23.4 Å². The van der Waals surface area contributed by atoms with Crippen LogP contribution in [0, 0.1) is 0 Å². The van der Waals surface area contributed by atoms with E-state index in [1.807, 2.05) is 36.4 Å². The van der Waals surface area contributed by atoms with Crippen molar-refractivity contribution < 1.29 is 9.59 Å². The lowest BCUT2D eigenvalue weighted by molar-refractivity contribution is -0.113. The molecule has 4 aromatic rings. The molecular weight excluding hydrogens is 470 g/mol. The highest BCUT2D eigenvalue weighted by Gasteiger charge is 2.14. The van der Waals surface area contributed by atoms with Gasteiger partial charge in [-0.3, -0.25) is 19.0 Å². The second-order valence-electron chi connectivity index (χ2n) is 7.72. The summed E-state index contributed by atoms with van der Waals surface area (Å²) < 4.78 is 1.62. The lowest BCUT2D eigenvalue weighted by atomic mass is 10.1. The third-order valence-corrected chi connectivity index (χ3v) is 6.48. The number of amides is 1. The number of halogens is 1. The minimum atomic E-state index is -0.252. The number of rotatable bonds is 8. The van der Waals surface area contributed by atoms with Crippen LogP contribution in [0.5, 0.6) is 0 Å². The molecule has 1 N–H and O–H groups in total. The molecule has 0 fully saturated rings. The lowest BCUT2D eigenvalue weighted by Gasteiger charge is -2.13. The zero-order chi connectivity index (χ0) is 24.1. The summed E-state index contributed by atoms with van der Waals surface area (Å²) in [6.07, 6.45) is 0.620. The van der Waals surface area contributed by atoms with Crippen LogP contribution in [-0.4, -0.2) is 27.0 Å². The van der Waals surface area contributed by atoms with Gasteiger partial charge in [-0.25, -0.2) is 4.98 Å². The standard InChI is InChI=1S/C26H22ClN3O3S/c1-17(31)19-5-4-6-21(15-19)28-24(32)16-34-26-29-23-8-3-2-7-22(23)25(33)30(26)14-13-18-9-11-20(27)12-10-18/h2-12,15H,13-14,16H2,1H3,(H,28,32). The molecule has 8 heteroatoms. The number of hydrogen-bond donors (Lipinski definition) is 1. The zero-order valence-electron chi connectivity index (χ0n) is 18.5. The van der Waals surface area contributed by atoms with Gasteiger partial charge in [0, 0.05) is 22.8 Å². The molecule has 0 aliphatic heterocycles. The van der Waals surface area contributed by atoms with Gasteiger partial charge in [0.15, 0.2) is 10.9 Å². The normalized spacial score (nSPS) is 10.9. The van der Waals surface area contributed by atoms with Crippen molar-refractivity contribution in [2.75, 3.05) is 11.1 Å². The number of nitrogens with zero attached hydrogens (tertiary/aromatic N) is 2. The van der Waals surface area contributed by atoms with Gasteiger partial charge in [0.1, 0.15) is 0 Å². The number of para-hydroxylation sites is 1. The number of nitrogens with one attached hydrogen (secondary N) is 1. The fourth-order valence-electron chi connectivity index (χ4n) is 3.49. The first-order chi connectivity index (χ1) is 16.4. The first-order valence-corrected chi connectivity index (χ1v) is 12.0. The third-order valence-electron chi connectivity index (χ3n) is 5.25. The average molecular weight is 492 g/mol. The van der Waals surface area contributed by atoms with E-state index >= 15 is 0 Å². The monoisotopic (exact) mass is 491 g/mol. The quantitative estimate of drug-likeness (QED) is 0.207. The van der Waals surface area contributed by atoms with Gasteiger partial charge in [0.25, 0.3) is 5.56 Å². The Balaban J connectivity index is 1.54. The molecule has 0 aliphatic rings. The van der Waals surface area contributed by atoms with E-state index in [-0.39, 0.29) is 23.0 Å². The van der Waals surface area contributed by atoms with Crippen molar-refractivity contribution in [2.45, 2.75) is 25.0 Å². The van der Waals surface area contributed by atoms with Gasteiger partial charge in [0.2, 0.25) is 5.91 Å². The molecule has 0 saturated carbocycles. The maximum atomic E-state index is 13.2. The number of thioether (sulfide) groups is 1. The average Bonchev–Trinajstić information content (AvgIpc) is 2.83. The van der Waals surface area contributed by atoms with E-state index in [1.54, 1.807) is 41.0 Å². The third kappa shape index (κ3) is 5.73. The van der Waals surface area contributed by atoms with E-state index in [9.17, 15) is 14.4 Å². The molecule has 3 aromatic carbocycles. The minimum absolute atomic E-state index is 0.0655. The highest BCUT2D eigenvalue weighted by Crippen LogP contribution is 2.20. The lowest BCUT2D eigenvalue weighted by Crippen LogP contribution is -2.25. The first kappa shape index (κ1) is 23.7. The van der Waals surface area contributed by atoms with Crippen molar-refractivity contribution in [2.24, 2.45) is 0 Å². The van der Waals surface area contributed by atoms with Crippen LogP contribution in [0.25, 0.3) is 10.9 Å². The van der Waals surface area contributed by atoms with Crippen LogP contribution in [0.1, 0.15) is 22.8 Å². The number of ketones is 1. The smallest absolute Gasteiger partial charge is 0.262 e. The predicted octanol–water partition coefficient (Wildman–Crippen LogP) is 5.23. The molecule has 1 amide bonds. The van der Waals surface area contributed by atoms with Crippen LogP contribution in [0.15, 0.2) is 82.7 Å². The van der Waals surface area contributed by atoms with Gasteiger partial charge in [-0.15, -0.1) is 0 Å². The number of benzene rings is 3. The number of hydrogen-bond acceptors (Lipinski definition) is 5. The second-order valence-corrected chi connectivity index (χ2v) is 9.10. The van der Waals surface area contributed by atoms with E-state index < -0.39 is 0 Å². The number of fused-ring (bicyclic) bond motifs is 1. The minimum Gasteiger partial charge on any atom is -0.325 e. The molecule has 1 aromatic heterocycles. The Hall–Kier alpha value is -3.42. The Morgan fingerprint density at radius 2 is 1.79 bits per heavy atom. The number of anilines is 1. The Labute approximate surface area is 206 Å². The molecule has 4 rings (SSSR count). The molecular formula is C26H22ClN3O3S. The molecule has 0 atom stereocenters. The highest BCUT2D eigenvalue weighted by molar-refractivity contribution is 7.99. The van der Waals surface area contributed by atoms with Crippen LogP contribution in [0.4, 0.5) is 5.69 Å². The van der Waals surface area contributed by atoms with Crippen LogP contribution in [-0.2, 0) is 17.8 Å². The highest BCUT2D eigenvalue weighted by atomic mass is 35.5. The van der Waals surface area contributed by atoms with Gasteiger partial charge >= 0.3 is 0 Å². The number of carbonyl (C=O) groups is 2. The number of aromatic nitrogens is 2. The SMILES string of the molecule is CC(=O)c1cccc(NC(=O)CSc2nc3ccccc3c(=O)n2CCc2ccc(Cl)cc2)c1. The maximum absolute atomic E-state index is 13.2. The fraction of sp³-hybridized carbons (Fsp3) is 0.154. The van der Waals surface area contributed by atoms with E-state index in [1.165, 1.54) is 18.7 Å². The van der Waals surface area contributed by atoms with Crippen LogP contribution in [0.2, 0.25) is 5.02 Å². The van der Waals surface area contributed by atoms with Gasteiger partial charge in [0.05, 0.1) is 16.7 Å². The van der Waals surface area contributed by atoms with Gasteiger partial charge < -0.3 is 5.32 Å². The van der Waals surface area contributed by atoms with Crippen molar-refractivity contribution in [3.05, 3.63) is 99.3 Å². The molecule has 172 valence electrons. The van der Waals surface area contributed by atoms with Crippen molar-refractivity contribution in [1.82, 2.24) is 9.55 Å². The first-order valence-electron chi connectivity index (χ1n) is 10.7.